The molecule has 0 aliphatic carbocycles. The van der Waals surface area contributed by atoms with Gasteiger partial charge in [-0.25, -0.2) is 4.99 Å². The maximum absolute atomic E-state index is 13.4. The number of halogens is 1. The molecule has 0 aromatic heterocycles. The summed E-state index contributed by atoms with van der Waals surface area (Å²) in [5, 5.41) is 8.87. The van der Waals surface area contributed by atoms with Crippen molar-refractivity contribution in [3.8, 4) is 12.3 Å². The Morgan fingerprint density at radius 2 is 1.58 bits per heavy atom. The number of hydrogen-bond donors (Lipinski definition) is 2. The first-order valence-corrected chi connectivity index (χ1v) is 18.1. The summed E-state index contributed by atoms with van der Waals surface area (Å²) in [6, 6.07) is 0. The summed E-state index contributed by atoms with van der Waals surface area (Å²) in [5.41, 5.74) is 6.63. The van der Waals surface area contributed by atoms with Crippen molar-refractivity contribution in [3.63, 3.8) is 0 Å². The van der Waals surface area contributed by atoms with Crippen LogP contribution in [0.1, 0.15) is 114 Å². The van der Waals surface area contributed by atoms with Gasteiger partial charge in [0.25, 0.3) is 0 Å². The van der Waals surface area contributed by atoms with Gasteiger partial charge in [-0.1, -0.05) is 60.8 Å². The number of carbonyl (C=O) groups excluding carboxylic acids is 4. The third kappa shape index (κ3) is 24.0. The third-order valence-corrected chi connectivity index (χ3v) is 7.37. The fourth-order valence-electron chi connectivity index (χ4n) is 3.79. The standard InChI is InChI=1S/C16H26O8.C15H26FN3.C8H12O2/c1-10(2)15(19)22-8-12(9-23-16(20)11(3)4)24-14(18)7-6-13(17)21-5;1-6-8-9-13(16)19-15(17)14(11(3)4)18-10-12(5)7-2;1-3-8(6-9)5-4-7(2)10-8/h10-12H,6-9H2,1-5H3;9-10,12H,6-8H2,1-5H3,(H2,17,19);1,7,9H,4-6H2,2H3/b;13-9+,18-10?;. The molecule has 0 bridgehead atoms. The number of unbranched alkanes of at least 4 members (excludes halogenated alkanes) is 1. The Morgan fingerprint density at radius 1 is 1.04 bits per heavy atom. The minimum Gasteiger partial charge on any atom is -0.469 e. The molecule has 1 saturated heterocycles. The quantitative estimate of drug-likeness (QED) is 0.0408. The summed E-state index contributed by atoms with van der Waals surface area (Å²) in [7, 11) is 1.22. The average Bonchev–Trinajstić information content (AvgIpc) is 3.51. The Balaban J connectivity index is 0. The van der Waals surface area contributed by atoms with Crippen LogP contribution in [0.4, 0.5) is 4.39 Å². The highest BCUT2D eigenvalue weighted by Gasteiger charge is 2.36. The topological polar surface area (TPSA) is 185 Å². The number of amidine groups is 1. The first-order chi connectivity index (χ1) is 24.8. The predicted molar refractivity (Wildman–Crippen MR) is 203 cm³/mol. The molecule has 1 rings (SSSR count). The molecule has 1 fully saturated rings. The van der Waals surface area contributed by atoms with Gasteiger partial charge in [0.1, 0.15) is 18.9 Å². The summed E-state index contributed by atoms with van der Waals surface area (Å²) in [6.45, 7) is 18.0. The zero-order valence-corrected chi connectivity index (χ0v) is 33.7. The van der Waals surface area contributed by atoms with Crippen molar-refractivity contribution in [3.05, 3.63) is 23.3 Å². The number of rotatable bonds is 18. The Bertz CT molecular complexity index is 1270. The molecule has 0 amide bonds. The number of nitrogens with zero attached hydrogens (tertiary/aromatic N) is 2. The van der Waals surface area contributed by atoms with Gasteiger partial charge < -0.3 is 34.5 Å². The van der Waals surface area contributed by atoms with E-state index in [0.29, 0.717) is 18.0 Å². The second-order valence-corrected chi connectivity index (χ2v) is 13.3. The van der Waals surface area contributed by atoms with E-state index >= 15 is 0 Å². The largest absolute Gasteiger partial charge is 0.469 e. The molecule has 3 N–H and O–H groups in total. The van der Waals surface area contributed by atoms with Crippen molar-refractivity contribution >= 4 is 35.9 Å². The zero-order chi connectivity index (χ0) is 41.1. The first kappa shape index (κ1) is 51.0. The molecular formula is C39H64FN3O10. The molecule has 1 aliphatic rings. The molecule has 0 aromatic rings. The summed E-state index contributed by atoms with van der Waals surface area (Å²) in [6.07, 6.45) is 11.7. The molecule has 302 valence electrons. The highest BCUT2D eigenvalue weighted by Crippen LogP contribution is 2.28. The summed E-state index contributed by atoms with van der Waals surface area (Å²) in [5.74, 6) is -0.366. The van der Waals surface area contributed by atoms with Gasteiger partial charge in [-0.05, 0) is 64.0 Å². The van der Waals surface area contributed by atoms with Crippen molar-refractivity contribution in [2.45, 2.75) is 132 Å². The normalized spacial score (nSPS) is 17.6. The Morgan fingerprint density at radius 3 is 1.96 bits per heavy atom. The van der Waals surface area contributed by atoms with Gasteiger partial charge in [-0.15, -0.1) is 6.42 Å². The third-order valence-electron chi connectivity index (χ3n) is 7.37. The van der Waals surface area contributed by atoms with Gasteiger partial charge in [0, 0.05) is 6.21 Å². The molecule has 0 radical (unpaired) electrons. The number of aliphatic hydroxyl groups excluding tert-OH is 1. The zero-order valence-electron chi connectivity index (χ0n) is 33.7. The number of hydrogen-bond acceptors (Lipinski definition) is 12. The number of carbonyl (C=O) groups is 4. The van der Waals surface area contributed by atoms with Crippen LogP contribution < -0.4 is 5.73 Å². The number of allylic oxidation sites excluding steroid dienone is 2. The predicted octanol–water partition coefficient (Wildman–Crippen LogP) is 6.16. The second-order valence-electron chi connectivity index (χ2n) is 13.3. The summed E-state index contributed by atoms with van der Waals surface area (Å²) in [4.78, 5) is 53.8. The van der Waals surface area contributed by atoms with Gasteiger partial charge >= 0.3 is 23.9 Å². The lowest BCUT2D eigenvalue weighted by Crippen LogP contribution is -2.32. The van der Waals surface area contributed by atoms with Gasteiger partial charge in [0.05, 0.1) is 44.5 Å². The Kier molecular flexibility index (Phi) is 27.4. The van der Waals surface area contributed by atoms with E-state index in [9.17, 15) is 23.6 Å². The smallest absolute Gasteiger partial charge is 0.308 e. The van der Waals surface area contributed by atoms with Crippen LogP contribution in [0.15, 0.2) is 33.3 Å². The Labute approximate surface area is 316 Å². The number of aliphatic imine (C=N–C) groups is 2. The van der Waals surface area contributed by atoms with E-state index in [2.05, 4.69) is 34.5 Å². The van der Waals surface area contributed by atoms with Crippen molar-refractivity contribution in [1.82, 2.24) is 0 Å². The molecule has 3 unspecified atom stereocenters. The molecule has 53 heavy (non-hydrogen) atoms. The first-order valence-electron chi connectivity index (χ1n) is 18.1. The lowest BCUT2D eigenvalue weighted by molar-refractivity contribution is -0.169. The molecule has 0 aromatic carbocycles. The number of nitrogens with two attached hydrogens (primary N) is 1. The van der Waals surface area contributed by atoms with E-state index in [-0.39, 0.29) is 56.4 Å². The molecule has 0 spiro atoms. The van der Waals surface area contributed by atoms with Gasteiger partial charge in [0.2, 0.25) is 5.95 Å². The lowest BCUT2D eigenvalue weighted by atomic mass is 10.0. The van der Waals surface area contributed by atoms with E-state index in [4.69, 9.17) is 36.2 Å². The number of aliphatic hydroxyl groups is 1. The van der Waals surface area contributed by atoms with E-state index in [0.717, 1.165) is 31.3 Å². The van der Waals surface area contributed by atoms with Crippen LogP contribution in [0.25, 0.3) is 0 Å². The minimum atomic E-state index is -0.930. The monoisotopic (exact) mass is 753 g/mol. The lowest BCUT2D eigenvalue weighted by Gasteiger charge is -2.19. The van der Waals surface area contributed by atoms with Gasteiger partial charge in [0.15, 0.2) is 17.5 Å². The van der Waals surface area contributed by atoms with E-state index in [1.54, 1.807) is 27.7 Å². The molecular weight excluding hydrogens is 689 g/mol. The van der Waals surface area contributed by atoms with Gasteiger partial charge in [-0.2, -0.15) is 4.39 Å². The average molecular weight is 754 g/mol. The number of ether oxygens (including phenoxy) is 5. The van der Waals surface area contributed by atoms with Crippen LogP contribution >= 0.6 is 0 Å². The fraction of sp³-hybridized carbons (Fsp3) is 0.692. The van der Waals surface area contributed by atoms with Crippen molar-refractivity contribution < 1.29 is 52.4 Å². The number of methoxy groups -OCH3 is 1. The minimum absolute atomic E-state index is 0.0617. The molecule has 1 aliphatic heterocycles. The highest BCUT2D eigenvalue weighted by molar-refractivity contribution is 5.99. The van der Waals surface area contributed by atoms with Crippen LogP contribution in [-0.4, -0.2) is 85.8 Å². The number of terminal acetylenes is 1. The van der Waals surface area contributed by atoms with Crippen LogP contribution in [0.3, 0.4) is 0 Å². The van der Waals surface area contributed by atoms with Crippen LogP contribution in [-0.2, 0) is 42.9 Å². The molecule has 0 saturated carbocycles. The van der Waals surface area contributed by atoms with Crippen LogP contribution in [0, 0.1) is 30.1 Å². The molecule has 14 heteroatoms. The van der Waals surface area contributed by atoms with E-state index in [1.807, 2.05) is 33.9 Å². The Hall–Kier alpha value is -4.09. The summed E-state index contributed by atoms with van der Waals surface area (Å²) >= 11 is 0. The molecule has 13 nitrogen and oxygen atoms in total. The van der Waals surface area contributed by atoms with E-state index in [1.165, 1.54) is 13.2 Å². The number of esters is 4. The maximum Gasteiger partial charge on any atom is 0.308 e. The van der Waals surface area contributed by atoms with Crippen molar-refractivity contribution in [2.75, 3.05) is 26.9 Å². The van der Waals surface area contributed by atoms with Crippen LogP contribution in [0.5, 0.6) is 0 Å². The van der Waals surface area contributed by atoms with Crippen molar-refractivity contribution in [2.24, 2.45) is 33.5 Å². The SMILES string of the molecule is C#CC1(CO)CCC(C)O1.CCC/C=C(F)/N=C(/N)C(N=CC(C)CC)=C(C)C.COC(=O)CCC(=O)OC(COC(=O)C(C)C)COC(=O)C(C)C. The second kappa shape index (κ2) is 28.4. The molecule has 1 heterocycles. The summed E-state index contributed by atoms with van der Waals surface area (Å²) < 4.78 is 38.4. The van der Waals surface area contributed by atoms with E-state index < -0.39 is 41.5 Å². The molecule has 3 atom stereocenters. The maximum atomic E-state index is 13.4. The van der Waals surface area contributed by atoms with Crippen molar-refractivity contribution in [1.29, 1.82) is 0 Å². The van der Waals surface area contributed by atoms with Gasteiger partial charge in [-0.3, -0.25) is 24.2 Å². The van der Waals surface area contributed by atoms with Crippen LogP contribution in [0.2, 0.25) is 0 Å². The highest BCUT2D eigenvalue weighted by atomic mass is 19.1. The fourth-order valence-corrected chi connectivity index (χ4v) is 3.79.